The minimum atomic E-state index is -0.830. The van der Waals surface area contributed by atoms with Crippen molar-refractivity contribution in [2.75, 3.05) is 13.1 Å². The highest BCUT2D eigenvalue weighted by atomic mass is 16.4. The molecule has 0 aliphatic carbocycles. The molecule has 0 saturated carbocycles. The van der Waals surface area contributed by atoms with Crippen molar-refractivity contribution in [1.82, 2.24) is 20.4 Å². The summed E-state index contributed by atoms with van der Waals surface area (Å²) in [6.07, 6.45) is 3.04. The molecule has 1 saturated heterocycles. The molecule has 104 valence electrons. The lowest BCUT2D eigenvalue weighted by atomic mass is 9.99. The van der Waals surface area contributed by atoms with Crippen LogP contribution >= 0.6 is 0 Å². The van der Waals surface area contributed by atoms with Crippen molar-refractivity contribution < 1.29 is 14.7 Å². The van der Waals surface area contributed by atoms with Crippen LogP contribution in [-0.2, 0) is 11.3 Å². The number of urea groups is 1. The van der Waals surface area contributed by atoms with Gasteiger partial charge in [0.1, 0.15) is 0 Å². The number of carbonyl (C=O) groups excluding carboxylic acids is 1. The summed E-state index contributed by atoms with van der Waals surface area (Å²) in [6, 6.07) is -0.216. The number of carbonyl (C=O) groups is 2. The Morgan fingerprint density at radius 3 is 3.05 bits per heavy atom. The minimum absolute atomic E-state index is 0.216. The number of aromatic amines is 1. The van der Waals surface area contributed by atoms with Crippen LogP contribution in [0.2, 0.25) is 0 Å². The number of likely N-dealkylation sites (tertiary alicyclic amines) is 1. The highest BCUT2D eigenvalue weighted by Gasteiger charge is 2.27. The van der Waals surface area contributed by atoms with Gasteiger partial charge < -0.3 is 15.3 Å². The smallest absolute Gasteiger partial charge is 0.317 e. The first-order valence-corrected chi connectivity index (χ1v) is 6.32. The van der Waals surface area contributed by atoms with Crippen molar-refractivity contribution in [2.24, 2.45) is 5.92 Å². The summed E-state index contributed by atoms with van der Waals surface area (Å²) in [5.74, 6) is -1.28. The highest BCUT2D eigenvalue weighted by Crippen LogP contribution is 2.16. The molecule has 7 heteroatoms. The summed E-state index contributed by atoms with van der Waals surface area (Å²) in [7, 11) is 0. The van der Waals surface area contributed by atoms with Crippen LogP contribution in [-0.4, -0.2) is 45.3 Å². The molecule has 1 atom stereocenters. The lowest BCUT2D eigenvalue weighted by molar-refractivity contribution is -0.143. The summed E-state index contributed by atoms with van der Waals surface area (Å²) >= 11 is 0. The molecule has 2 amide bonds. The van der Waals surface area contributed by atoms with Gasteiger partial charge in [-0.2, -0.15) is 5.10 Å². The van der Waals surface area contributed by atoms with E-state index in [-0.39, 0.29) is 12.6 Å². The van der Waals surface area contributed by atoms with Crippen LogP contribution in [0.4, 0.5) is 4.79 Å². The number of rotatable bonds is 3. The SMILES string of the molecule is Cc1[nH]ncc1CNC(=O)N1CCCC(C(=O)O)C1. The predicted molar refractivity (Wildman–Crippen MR) is 67.5 cm³/mol. The molecular weight excluding hydrogens is 248 g/mol. The second-order valence-corrected chi connectivity index (χ2v) is 4.80. The molecule has 19 heavy (non-hydrogen) atoms. The molecule has 1 unspecified atom stereocenters. The zero-order valence-corrected chi connectivity index (χ0v) is 10.8. The van der Waals surface area contributed by atoms with Crippen molar-refractivity contribution in [3.63, 3.8) is 0 Å². The van der Waals surface area contributed by atoms with Gasteiger partial charge in [0, 0.05) is 30.9 Å². The number of nitrogens with zero attached hydrogens (tertiary/aromatic N) is 2. The standard InChI is InChI=1S/C12H18N4O3/c1-8-10(6-14-15-8)5-13-12(19)16-4-2-3-9(7-16)11(17)18/h6,9H,2-5,7H2,1H3,(H,13,19)(H,14,15)(H,17,18). The third-order valence-electron chi connectivity index (χ3n) is 3.42. The molecule has 1 aromatic rings. The third-order valence-corrected chi connectivity index (χ3v) is 3.42. The molecule has 1 aliphatic heterocycles. The monoisotopic (exact) mass is 266 g/mol. The van der Waals surface area contributed by atoms with Gasteiger partial charge in [0.05, 0.1) is 12.1 Å². The number of carboxylic acid groups (broad SMARTS) is 1. The summed E-state index contributed by atoms with van der Waals surface area (Å²) in [5.41, 5.74) is 1.85. The number of amides is 2. The van der Waals surface area contributed by atoms with E-state index in [9.17, 15) is 9.59 Å². The van der Waals surface area contributed by atoms with Crippen molar-refractivity contribution >= 4 is 12.0 Å². The number of carboxylic acids is 1. The van der Waals surface area contributed by atoms with Crippen LogP contribution in [0.15, 0.2) is 6.20 Å². The summed E-state index contributed by atoms with van der Waals surface area (Å²) in [4.78, 5) is 24.5. The Balaban J connectivity index is 1.86. The topological polar surface area (TPSA) is 98.3 Å². The molecule has 1 fully saturated rings. The number of H-pyrrole nitrogens is 1. The quantitative estimate of drug-likeness (QED) is 0.751. The Morgan fingerprint density at radius 2 is 2.42 bits per heavy atom. The molecular formula is C12H18N4O3. The van der Waals surface area contributed by atoms with Gasteiger partial charge in [-0.05, 0) is 19.8 Å². The molecule has 0 bridgehead atoms. The van der Waals surface area contributed by atoms with E-state index in [1.165, 1.54) is 0 Å². The molecule has 7 nitrogen and oxygen atoms in total. The van der Waals surface area contributed by atoms with E-state index < -0.39 is 11.9 Å². The second-order valence-electron chi connectivity index (χ2n) is 4.80. The first kappa shape index (κ1) is 13.4. The van der Waals surface area contributed by atoms with E-state index in [2.05, 4.69) is 15.5 Å². The van der Waals surface area contributed by atoms with Gasteiger partial charge in [-0.15, -0.1) is 0 Å². The number of hydrogen-bond acceptors (Lipinski definition) is 3. The summed E-state index contributed by atoms with van der Waals surface area (Å²) in [5, 5.41) is 18.5. The molecule has 2 heterocycles. The predicted octanol–water partition coefficient (Wildman–Crippen LogP) is 0.724. The number of hydrogen-bond donors (Lipinski definition) is 3. The lowest BCUT2D eigenvalue weighted by Crippen LogP contribution is -2.46. The van der Waals surface area contributed by atoms with Gasteiger partial charge in [0.2, 0.25) is 0 Å². The Morgan fingerprint density at radius 1 is 1.63 bits per heavy atom. The van der Waals surface area contributed by atoms with E-state index in [1.54, 1.807) is 11.1 Å². The van der Waals surface area contributed by atoms with Gasteiger partial charge >= 0.3 is 12.0 Å². The lowest BCUT2D eigenvalue weighted by Gasteiger charge is -2.30. The maximum Gasteiger partial charge on any atom is 0.317 e. The molecule has 2 rings (SSSR count). The fourth-order valence-electron chi connectivity index (χ4n) is 2.20. The zero-order chi connectivity index (χ0) is 13.8. The Bertz CT molecular complexity index is 471. The number of aliphatic carboxylic acids is 1. The number of aryl methyl sites for hydroxylation is 1. The first-order chi connectivity index (χ1) is 9.08. The first-order valence-electron chi connectivity index (χ1n) is 6.32. The Labute approximate surface area is 111 Å². The Kier molecular flexibility index (Phi) is 4.03. The van der Waals surface area contributed by atoms with Crippen molar-refractivity contribution in [3.8, 4) is 0 Å². The van der Waals surface area contributed by atoms with E-state index in [1.807, 2.05) is 6.92 Å². The van der Waals surface area contributed by atoms with Gasteiger partial charge in [-0.25, -0.2) is 4.79 Å². The van der Waals surface area contributed by atoms with E-state index in [4.69, 9.17) is 5.11 Å². The van der Waals surface area contributed by atoms with E-state index >= 15 is 0 Å². The Hall–Kier alpha value is -2.05. The van der Waals surface area contributed by atoms with Gasteiger partial charge in [0.15, 0.2) is 0 Å². The number of piperidine rings is 1. The largest absolute Gasteiger partial charge is 0.481 e. The van der Waals surface area contributed by atoms with Crippen LogP contribution in [0, 0.1) is 12.8 Å². The van der Waals surface area contributed by atoms with Gasteiger partial charge in [0.25, 0.3) is 0 Å². The normalized spacial score (nSPS) is 19.2. The summed E-state index contributed by atoms with van der Waals surface area (Å²) in [6.45, 7) is 3.18. The van der Waals surface area contributed by atoms with E-state index in [0.29, 0.717) is 19.5 Å². The second kappa shape index (κ2) is 5.73. The zero-order valence-electron chi connectivity index (χ0n) is 10.8. The highest BCUT2D eigenvalue weighted by molar-refractivity contribution is 5.76. The van der Waals surface area contributed by atoms with Crippen molar-refractivity contribution in [3.05, 3.63) is 17.5 Å². The fourth-order valence-corrected chi connectivity index (χ4v) is 2.20. The maximum absolute atomic E-state index is 12.0. The molecule has 0 radical (unpaired) electrons. The number of nitrogens with one attached hydrogen (secondary N) is 2. The van der Waals surface area contributed by atoms with Crippen LogP contribution < -0.4 is 5.32 Å². The number of aromatic nitrogens is 2. The van der Waals surface area contributed by atoms with Gasteiger partial charge in [-0.1, -0.05) is 0 Å². The molecule has 0 aromatic carbocycles. The van der Waals surface area contributed by atoms with E-state index in [0.717, 1.165) is 17.7 Å². The van der Waals surface area contributed by atoms with Crippen LogP contribution in [0.1, 0.15) is 24.1 Å². The summed E-state index contributed by atoms with van der Waals surface area (Å²) < 4.78 is 0. The maximum atomic E-state index is 12.0. The minimum Gasteiger partial charge on any atom is -0.481 e. The van der Waals surface area contributed by atoms with Crippen molar-refractivity contribution in [2.45, 2.75) is 26.3 Å². The van der Waals surface area contributed by atoms with Crippen LogP contribution in [0.25, 0.3) is 0 Å². The van der Waals surface area contributed by atoms with Gasteiger partial charge in [-0.3, -0.25) is 9.89 Å². The third kappa shape index (κ3) is 3.24. The average molecular weight is 266 g/mol. The molecule has 3 N–H and O–H groups in total. The van der Waals surface area contributed by atoms with Crippen LogP contribution in [0.3, 0.4) is 0 Å². The molecule has 0 spiro atoms. The average Bonchev–Trinajstić information content (AvgIpc) is 2.81. The molecule has 1 aliphatic rings. The van der Waals surface area contributed by atoms with Crippen molar-refractivity contribution in [1.29, 1.82) is 0 Å². The van der Waals surface area contributed by atoms with Crippen LogP contribution in [0.5, 0.6) is 0 Å². The molecule has 1 aromatic heterocycles. The fraction of sp³-hybridized carbons (Fsp3) is 0.583.